The van der Waals surface area contributed by atoms with Crippen molar-refractivity contribution in [2.75, 3.05) is 6.61 Å². The third kappa shape index (κ3) is 45.2. The number of amides is 1. The predicted molar refractivity (Wildman–Crippen MR) is 269 cm³/mol. The van der Waals surface area contributed by atoms with Crippen molar-refractivity contribution in [1.29, 1.82) is 0 Å². The normalized spacial score (nSPS) is 13.2. The molecule has 0 aromatic heterocycles. The van der Waals surface area contributed by atoms with E-state index in [2.05, 4.69) is 38.2 Å². The molecular formula is C56H109NO5. The van der Waals surface area contributed by atoms with E-state index < -0.39 is 18.2 Å². The molecule has 0 heterocycles. The van der Waals surface area contributed by atoms with Gasteiger partial charge in [-0.05, 0) is 44.9 Å². The highest BCUT2D eigenvalue weighted by Gasteiger charge is 2.24. The number of aliphatic hydroxyl groups is 2. The standard InChI is InChI=1S/C56H109NO5/c1-4-7-10-13-16-19-21-23-25-27-28-30-32-34-37-40-43-46-49-56(61)62-52(47-44-41-38-35-18-15-12-9-6-3)50-55(60)57-53(51-58)54(59)48-45-42-39-36-33-31-29-26-24-22-20-17-14-11-8-5-2/h15,18,52-54,58-59H,4-14,16-17,19-51H2,1-3H3,(H,57,60)/b18-15-. The van der Waals surface area contributed by atoms with Crippen LogP contribution in [-0.4, -0.2) is 46.9 Å². The number of aliphatic hydroxyl groups excluding tert-OH is 2. The van der Waals surface area contributed by atoms with Crippen molar-refractivity contribution in [2.24, 2.45) is 0 Å². The third-order valence-electron chi connectivity index (χ3n) is 13.1. The van der Waals surface area contributed by atoms with Crippen molar-refractivity contribution < 1.29 is 24.5 Å². The van der Waals surface area contributed by atoms with Gasteiger partial charge in [-0.15, -0.1) is 0 Å². The summed E-state index contributed by atoms with van der Waals surface area (Å²) in [6.07, 6.45) is 57.2. The first-order chi connectivity index (χ1) is 30.5. The average molecular weight is 876 g/mol. The molecule has 1 amide bonds. The third-order valence-corrected chi connectivity index (χ3v) is 13.1. The predicted octanol–water partition coefficient (Wildman–Crippen LogP) is 16.9. The summed E-state index contributed by atoms with van der Waals surface area (Å²) in [5.41, 5.74) is 0. The number of hydrogen-bond donors (Lipinski definition) is 3. The van der Waals surface area contributed by atoms with Gasteiger partial charge in [-0.1, -0.05) is 264 Å². The Hall–Kier alpha value is -1.40. The maximum Gasteiger partial charge on any atom is 0.306 e. The minimum absolute atomic E-state index is 0.0735. The highest BCUT2D eigenvalue weighted by atomic mass is 16.5. The smallest absolute Gasteiger partial charge is 0.306 e. The fourth-order valence-corrected chi connectivity index (χ4v) is 8.83. The molecule has 0 spiro atoms. The van der Waals surface area contributed by atoms with Gasteiger partial charge in [0.05, 0.1) is 25.2 Å². The zero-order valence-electron chi connectivity index (χ0n) is 42.0. The topological polar surface area (TPSA) is 95.9 Å². The maximum atomic E-state index is 13.2. The zero-order chi connectivity index (χ0) is 45.2. The number of carbonyl (C=O) groups is 2. The minimum Gasteiger partial charge on any atom is -0.462 e. The van der Waals surface area contributed by atoms with Crippen LogP contribution in [0.3, 0.4) is 0 Å². The molecule has 62 heavy (non-hydrogen) atoms. The molecule has 0 radical (unpaired) electrons. The minimum atomic E-state index is -0.786. The lowest BCUT2D eigenvalue weighted by atomic mass is 10.0. The molecule has 0 aliphatic heterocycles. The van der Waals surface area contributed by atoms with Crippen molar-refractivity contribution in [2.45, 2.75) is 328 Å². The number of ether oxygens (including phenoxy) is 1. The van der Waals surface area contributed by atoms with Gasteiger partial charge in [0.1, 0.15) is 6.10 Å². The van der Waals surface area contributed by atoms with E-state index in [0.29, 0.717) is 19.3 Å². The first kappa shape index (κ1) is 60.6. The van der Waals surface area contributed by atoms with Crippen LogP contribution in [0, 0.1) is 0 Å². The lowest BCUT2D eigenvalue weighted by Gasteiger charge is -2.24. The monoisotopic (exact) mass is 876 g/mol. The van der Waals surface area contributed by atoms with Crippen LogP contribution >= 0.6 is 0 Å². The molecule has 6 heteroatoms. The van der Waals surface area contributed by atoms with Gasteiger partial charge in [0.25, 0.3) is 0 Å². The molecule has 0 aliphatic carbocycles. The number of carbonyl (C=O) groups excluding carboxylic acids is 2. The summed E-state index contributed by atoms with van der Waals surface area (Å²) in [5, 5.41) is 23.8. The van der Waals surface area contributed by atoms with Crippen molar-refractivity contribution in [3.05, 3.63) is 12.2 Å². The van der Waals surface area contributed by atoms with E-state index >= 15 is 0 Å². The second-order valence-electron chi connectivity index (χ2n) is 19.3. The number of rotatable bonds is 51. The molecule has 0 fully saturated rings. The summed E-state index contributed by atoms with van der Waals surface area (Å²) < 4.78 is 5.93. The molecule has 0 aromatic carbocycles. The lowest BCUT2D eigenvalue weighted by Crippen LogP contribution is -2.46. The van der Waals surface area contributed by atoms with Crippen LogP contribution in [0.4, 0.5) is 0 Å². The van der Waals surface area contributed by atoms with E-state index in [1.54, 1.807) is 0 Å². The first-order valence-electron chi connectivity index (χ1n) is 27.9. The van der Waals surface area contributed by atoms with Crippen LogP contribution in [0.15, 0.2) is 12.2 Å². The Balaban J connectivity index is 4.35. The Morgan fingerprint density at radius 1 is 0.452 bits per heavy atom. The molecule has 0 bridgehead atoms. The van der Waals surface area contributed by atoms with Crippen LogP contribution in [0.25, 0.3) is 0 Å². The van der Waals surface area contributed by atoms with Crippen LogP contribution in [0.2, 0.25) is 0 Å². The number of hydrogen-bond acceptors (Lipinski definition) is 5. The van der Waals surface area contributed by atoms with Gasteiger partial charge in [0.2, 0.25) is 5.91 Å². The van der Waals surface area contributed by atoms with Gasteiger partial charge >= 0.3 is 5.97 Å². The molecule has 0 aromatic rings. The molecule has 3 N–H and O–H groups in total. The van der Waals surface area contributed by atoms with Gasteiger partial charge in [-0.3, -0.25) is 9.59 Å². The van der Waals surface area contributed by atoms with Gasteiger partial charge < -0.3 is 20.3 Å². The van der Waals surface area contributed by atoms with E-state index in [1.807, 2.05) is 0 Å². The van der Waals surface area contributed by atoms with Crippen LogP contribution in [0.1, 0.15) is 310 Å². The van der Waals surface area contributed by atoms with Crippen LogP contribution < -0.4 is 5.32 Å². The highest BCUT2D eigenvalue weighted by Crippen LogP contribution is 2.19. The van der Waals surface area contributed by atoms with Crippen molar-refractivity contribution in [3.63, 3.8) is 0 Å². The summed E-state index contributed by atoms with van der Waals surface area (Å²) in [5.74, 6) is -0.472. The van der Waals surface area contributed by atoms with Gasteiger partial charge in [0.15, 0.2) is 0 Å². The van der Waals surface area contributed by atoms with Gasteiger partial charge in [-0.25, -0.2) is 0 Å². The van der Waals surface area contributed by atoms with E-state index in [9.17, 15) is 19.8 Å². The largest absolute Gasteiger partial charge is 0.462 e. The number of allylic oxidation sites excluding steroid dienone is 2. The van der Waals surface area contributed by atoms with Crippen LogP contribution in [-0.2, 0) is 14.3 Å². The van der Waals surface area contributed by atoms with Crippen molar-refractivity contribution in [3.8, 4) is 0 Å². The number of unbranched alkanes of at least 4 members (excludes halogenated alkanes) is 37. The maximum absolute atomic E-state index is 13.2. The van der Waals surface area contributed by atoms with Gasteiger partial charge in [0, 0.05) is 6.42 Å². The van der Waals surface area contributed by atoms with Crippen molar-refractivity contribution >= 4 is 11.9 Å². The number of nitrogens with one attached hydrogen (secondary N) is 1. The summed E-state index contributed by atoms with van der Waals surface area (Å²) in [6, 6.07) is -0.700. The molecule has 0 rings (SSSR count). The van der Waals surface area contributed by atoms with E-state index in [4.69, 9.17) is 4.74 Å². The lowest BCUT2D eigenvalue weighted by molar-refractivity contribution is -0.151. The fourth-order valence-electron chi connectivity index (χ4n) is 8.83. The quantitative estimate of drug-likeness (QED) is 0.0321. The molecule has 3 unspecified atom stereocenters. The second-order valence-corrected chi connectivity index (χ2v) is 19.3. The Morgan fingerprint density at radius 2 is 0.790 bits per heavy atom. The molecule has 6 nitrogen and oxygen atoms in total. The summed E-state index contributed by atoms with van der Waals surface area (Å²) in [7, 11) is 0. The first-order valence-corrected chi connectivity index (χ1v) is 27.9. The van der Waals surface area contributed by atoms with Gasteiger partial charge in [-0.2, -0.15) is 0 Å². The molecule has 368 valence electrons. The Labute approximate surface area is 387 Å². The van der Waals surface area contributed by atoms with E-state index in [-0.39, 0.29) is 24.9 Å². The summed E-state index contributed by atoms with van der Waals surface area (Å²) in [4.78, 5) is 26.1. The van der Waals surface area contributed by atoms with Crippen molar-refractivity contribution in [1.82, 2.24) is 5.32 Å². The zero-order valence-corrected chi connectivity index (χ0v) is 42.0. The second kappa shape index (κ2) is 50.6. The Kier molecular flexibility index (Phi) is 49.5. The summed E-state index contributed by atoms with van der Waals surface area (Å²) >= 11 is 0. The van der Waals surface area contributed by atoms with E-state index in [0.717, 1.165) is 64.2 Å². The Morgan fingerprint density at radius 3 is 1.19 bits per heavy atom. The number of esters is 1. The molecule has 3 atom stereocenters. The van der Waals surface area contributed by atoms with E-state index in [1.165, 1.54) is 199 Å². The summed E-state index contributed by atoms with van der Waals surface area (Å²) in [6.45, 7) is 6.47. The fraction of sp³-hybridized carbons (Fsp3) is 0.929. The van der Waals surface area contributed by atoms with Crippen LogP contribution in [0.5, 0.6) is 0 Å². The molecular weight excluding hydrogens is 767 g/mol. The SMILES string of the molecule is CCCC/C=C\CCCCCC(CC(=O)NC(CO)C(O)CCCCCCCCCCCCCCCCCC)OC(=O)CCCCCCCCCCCCCCCCCCCC. The highest BCUT2D eigenvalue weighted by molar-refractivity contribution is 5.77. The molecule has 0 saturated carbocycles. The molecule has 0 saturated heterocycles. The average Bonchev–Trinajstić information content (AvgIpc) is 3.26. The molecule has 0 aliphatic rings. The Bertz CT molecular complexity index is 939.